The highest BCUT2D eigenvalue weighted by Gasteiger charge is 2.54. The van der Waals surface area contributed by atoms with Crippen LogP contribution in [-0.2, 0) is 6.18 Å². The lowest BCUT2D eigenvalue weighted by molar-refractivity contribution is -0.266. The highest BCUT2D eigenvalue weighted by atomic mass is 19.4. The van der Waals surface area contributed by atoms with Crippen molar-refractivity contribution in [2.45, 2.75) is 37.8 Å². The van der Waals surface area contributed by atoms with E-state index in [0.717, 1.165) is 35.9 Å². The van der Waals surface area contributed by atoms with Crippen molar-refractivity contribution in [1.82, 2.24) is 4.57 Å². The molecule has 0 aliphatic carbocycles. The van der Waals surface area contributed by atoms with Crippen LogP contribution < -0.4 is 0 Å². The van der Waals surface area contributed by atoms with Crippen molar-refractivity contribution >= 4 is 10.9 Å². The number of hydrogen-bond acceptors (Lipinski definition) is 2. The second-order valence-corrected chi connectivity index (χ2v) is 5.57. The molecule has 1 aromatic carbocycles. The smallest absolute Gasteiger partial charge is 0.379 e. The van der Waals surface area contributed by atoms with E-state index in [1.54, 1.807) is 0 Å². The molecule has 0 saturated carbocycles. The summed E-state index contributed by atoms with van der Waals surface area (Å²) in [6.07, 6.45) is -8.78. The van der Waals surface area contributed by atoms with Crippen LogP contribution in [0.2, 0.25) is 0 Å². The molecule has 130 valence electrons. The summed E-state index contributed by atoms with van der Waals surface area (Å²) >= 11 is 0. The molecule has 24 heavy (non-hydrogen) atoms. The van der Waals surface area contributed by atoms with Crippen molar-refractivity contribution in [2.75, 3.05) is 0 Å². The lowest BCUT2D eigenvalue weighted by atomic mass is 9.96. The van der Waals surface area contributed by atoms with E-state index in [2.05, 4.69) is 0 Å². The van der Waals surface area contributed by atoms with Gasteiger partial charge in [-0.25, -0.2) is 0 Å². The number of fused-ring (bicyclic) bond motifs is 1. The quantitative estimate of drug-likeness (QED) is 0.816. The van der Waals surface area contributed by atoms with Gasteiger partial charge in [0.2, 0.25) is 0 Å². The van der Waals surface area contributed by atoms with E-state index >= 15 is 0 Å². The number of halogens is 6. The molecule has 2 rings (SSSR count). The molecular formula is C15H12F6N2O. The number of nitrogens with zero attached hydrogens (tertiary/aromatic N) is 2. The zero-order chi connectivity index (χ0) is 18.5. The molecule has 0 amide bonds. The summed E-state index contributed by atoms with van der Waals surface area (Å²) in [6.45, 7) is 1.61. The van der Waals surface area contributed by atoms with E-state index in [9.17, 15) is 31.4 Å². The highest BCUT2D eigenvalue weighted by molar-refractivity contribution is 5.86. The SMILES string of the molecule is CC(n1ccc2c(C(F)(F)F)c(C#N)ccc21)C(C)(O)C(F)(F)F. The maximum absolute atomic E-state index is 13.2. The van der Waals surface area contributed by atoms with Gasteiger partial charge in [-0.15, -0.1) is 0 Å². The van der Waals surface area contributed by atoms with E-state index < -0.39 is 40.5 Å². The number of hydrogen-bond donors (Lipinski definition) is 1. The molecule has 0 aliphatic rings. The summed E-state index contributed by atoms with van der Waals surface area (Å²) < 4.78 is 79.5. The fourth-order valence-corrected chi connectivity index (χ4v) is 2.48. The number of aromatic nitrogens is 1. The van der Waals surface area contributed by atoms with Crippen LogP contribution in [0, 0.1) is 11.3 Å². The molecule has 1 N–H and O–H groups in total. The molecule has 0 radical (unpaired) electrons. The maximum atomic E-state index is 13.2. The third kappa shape index (κ3) is 2.71. The average Bonchev–Trinajstić information content (AvgIpc) is 2.86. The topological polar surface area (TPSA) is 49.0 Å². The molecule has 2 unspecified atom stereocenters. The summed E-state index contributed by atoms with van der Waals surface area (Å²) in [7, 11) is 0. The van der Waals surface area contributed by atoms with Gasteiger partial charge in [0.15, 0.2) is 5.60 Å². The van der Waals surface area contributed by atoms with Gasteiger partial charge in [-0.3, -0.25) is 0 Å². The van der Waals surface area contributed by atoms with Gasteiger partial charge in [0.25, 0.3) is 0 Å². The van der Waals surface area contributed by atoms with Crippen molar-refractivity contribution < 1.29 is 31.4 Å². The van der Waals surface area contributed by atoms with Crippen molar-refractivity contribution in [3.63, 3.8) is 0 Å². The summed E-state index contributed by atoms with van der Waals surface area (Å²) in [5, 5.41) is 18.2. The first kappa shape index (κ1) is 18.1. The Balaban J connectivity index is 2.72. The summed E-state index contributed by atoms with van der Waals surface area (Å²) in [5.41, 5.74) is -5.13. The minimum Gasteiger partial charge on any atom is -0.379 e. The average molecular weight is 350 g/mol. The van der Waals surface area contributed by atoms with Gasteiger partial charge in [-0.1, -0.05) is 0 Å². The zero-order valence-electron chi connectivity index (χ0n) is 12.5. The van der Waals surface area contributed by atoms with Gasteiger partial charge >= 0.3 is 12.4 Å². The third-order valence-electron chi connectivity index (χ3n) is 4.11. The molecule has 3 nitrogen and oxygen atoms in total. The van der Waals surface area contributed by atoms with Crippen LogP contribution in [0.3, 0.4) is 0 Å². The fourth-order valence-electron chi connectivity index (χ4n) is 2.48. The molecule has 2 aromatic rings. The van der Waals surface area contributed by atoms with E-state index in [1.165, 1.54) is 6.07 Å². The molecule has 0 bridgehead atoms. The van der Waals surface area contributed by atoms with Gasteiger partial charge in [0.05, 0.1) is 23.2 Å². The Morgan fingerprint density at radius 1 is 1.12 bits per heavy atom. The van der Waals surface area contributed by atoms with Crippen LogP contribution in [0.4, 0.5) is 26.3 Å². The minimum atomic E-state index is -4.97. The van der Waals surface area contributed by atoms with E-state index in [1.807, 2.05) is 0 Å². The van der Waals surface area contributed by atoms with Crippen molar-refractivity contribution in [2.24, 2.45) is 0 Å². The Kier molecular flexibility index (Phi) is 4.09. The van der Waals surface area contributed by atoms with Gasteiger partial charge in [0.1, 0.15) is 0 Å². The molecule has 0 spiro atoms. The van der Waals surface area contributed by atoms with Gasteiger partial charge in [-0.2, -0.15) is 31.6 Å². The normalized spacial score (nSPS) is 16.7. The van der Waals surface area contributed by atoms with Crippen LogP contribution >= 0.6 is 0 Å². The Bertz CT molecular complexity index is 810. The molecule has 0 fully saturated rings. The summed E-state index contributed by atoms with van der Waals surface area (Å²) in [6, 6.07) is 2.87. The molecule has 0 saturated heterocycles. The van der Waals surface area contributed by atoms with E-state index in [-0.39, 0.29) is 5.52 Å². The number of rotatable bonds is 2. The zero-order valence-corrected chi connectivity index (χ0v) is 12.5. The number of alkyl halides is 6. The van der Waals surface area contributed by atoms with Crippen LogP contribution in [0.5, 0.6) is 0 Å². The summed E-state index contributed by atoms with van der Waals surface area (Å²) in [4.78, 5) is 0. The Hall–Kier alpha value is -2.21. The lowest BCUT2D eigenvalue weighted by Crippen LogP contribution is -2.48. The fraction of sp³-hybridized carbons (Fsp3) is 0.400. The summed E-state index contributed by atoms with van der Waals surface area (Å²) in [5.74, 6) is 0. The standard InChI is InChI=1S/C15H12F6N2O/c1-8(13(2,24)15(19,20)21)23-6-5-10-11(23)4-3-9(7-22)12(10)14(16,17)18/h3-6,8,24H,1-2H3. The Morgan fingerprint density at radius 3 is 2.17 bits per heavy atom. The number of benzene rings is 1. The van der Waals surface area contributed by atoms with Crippen molar-refractivity contribution in [3.05, 3.63) is 35.5 Å². The van der Waals surface area contributed by atoms with Crippen LogP contribution in [0.25, 0.3) is 10.9 Å². The van der Waals surface area contributed by atoms with E-state index in [0.29, 0.717) is 6.92 Å². The third-order valence-corrected chi connectivity index (χ3v) is 4.11. The molecule has 2 atom stereocenters. The minimum absolute atomic E-state index is 0.154. The monoisotopic (exact) mass is 350 g/mol. The largest absolute Gasteiger partial charge is 0.418 e. The lowest BCUT2D eigenvalue weighted by Gasteiger charge is -2.33. The predicted octanol–water partition coefficient (Wildman–Crippen LogP) is 4.41. The van der Waals surface area contributed by atoms with E-state index in [4.69, 9.17) is 5.26 Å². The second-order valence-electron chi connectivity index (χ2n) is 5.57. The second kappa shape index (κ2) is 5.41. The Morgan fingerprint density at radius 2 is 1.71 bits per heavy atom. The first-order valence-corrected chi connectivity index (χ1v) is 6.72. The molecule has 1 heterocycles. The molecule has 9 heteroatoms. The van der Waals surface area contributed by atoms with Gasteiger partial charge in [-0.05, 0) is 32.0 Å². The first-order chi connectivity index (χ1) is 10.8. The first-order valence-electron chi connectivity index (χ1n) is 6.72. The van der Waals surface area contributed by atoms with Crippen LogP contribution in [0.15, 0.2) is 24.4 Å². The van der Waals surface area contributed by atoms with Gasteiger partial charge in [0, 0.05) is 17.1 Å². The van der Waals surface area contributed by atoms with Crippen LogP contribution in [-0.4, -0.2) is 21.5 Å². The molecular weight excluding hydrogens is 338 g/mol. The number of nitriles is 1. The predicted molar refractivity (Wildman–Crippen MR) is 73.0 cm³/mol. The Labute approximate surface area is 132 Å². The maximum Gasteiger partial charge on any atom is 0.418 e. The molecule has 1 aromatic heterocycles. The van der Waals surface area contributed by atoms with Crippen molar-refractivity contribution in [3.8, 4) is 6.07 Å². The highest BCUT2D eigenvalue weighted by Crippen LogP contribution is 2.42. The molecule has 0 aliphatic heterocycles. The van der Waals surface area contributed by atoms with Gasteiger partial charge < -0.3 is 9.67 Å². The van der Waals surface area contributed by atoms with Crippen LogP contribution in [0.1, 0.15) is 31.0 Å². The van der Waals surface area contributed by atoms with Crippen molar-refractivity contribution in [1.29, 1.82) is 5.26 Å². The number of aliphatic hydroxyl groups is 1.